The predicted octanol–water partition coefficient (Wildman–Crippen LogP) is 5.70. The van der Waals surface area contributed by atoms with Gasteiger partial charge in [-0.25, -0.2) is 4.39 Å². The van der Waals surface area contributed by atoms with Crippen LogP contribution in [0.15, 0.2) is 48.7 Å². The minimum atomic E-state index is -0.809. The number of carboxylic acid groups (broad SMARTS) is 1. The molecule has 2 heterocycles. The van der Waals surface area contributed by atoms with E-state index in [0.29, 0.717) is 41.6 Å². The highest BCUT2D eigenvalue weighted by Crippen LogP contribution is 2.35. The number of carbonyl (C=O) groups is 1. The van der Waals surface area contributed by atoms with Gasteiger partial charge in [-0.1, -0.05) is 23.4 Å². The number of fused-ring (bicyclic) bond motifs is 1. The SMILES string of the molecule is COc1ccc2nccc([C@H](O)CC[C@@H]3CCN(CC#Cc4ccc(Cl)cc4F)C[C@H]3CCC(=O)O)c2c1. The number of nitrogens with zero attached hydrogens (tertiary/aromatic N) is 2. The fraction of sp³-hybridized carbons (Fsp3) is 0.400. The minimum Gasteiger partial charge on any atom is -0.497 e. The fourth-order valence-corrected chi connectivity index (χ4v) is 5.40. The first-order chi connectivity index (χ1) is 18.3. The molecule has 4 rings (SSSR count). The number of aromatic nitrogens is 1. The quantitative estimate of drug-likeness (QED) is 0.340. The Kier molecular flexibility index (Phi) is 9.57. The third kappa shape index (κ3) is 7.22. The summed E-state index contributed by atoms with van der Waals surface area (Å²) in [4.78, 5) is 17.9. The van der Waals surface area contributed by atoms with Crippen LogP contribution in [0.25, 0.3) is 10.9 Å². The van der Waals surface area contributed by atoms with Gasteiger partial charge in [0.1, 0.15) is 11.6 Å². The molecule has 38 heavy (non-hydrogen) atoms. The summed E-state index contributed by atoms with van der Waals surface area (Å²) in [6.45, 7) is 2.02. The number of aliphatic hydroxyl groups is 1. The summed E-state index contributed by atoms with van der Waals surface area (Å²) in [5, 5.41) is 21.6. The molecule has 8 heteroatoms. The van der Waals surface area contributed by atoms with Crippen LogP contribution in [-0.4, -0.2) is 52.8 Å². The Bertz CT molecular complexity index is 1340. The highest BCUT2D eigenvalue weighted by Gasteiger charge is 2.30. The summed E-state index contributed by atoms with van der Waals surface area (Å²) in [5.74, 6) is 5.86. The predicted molar refractivity (Wildman–Crippen MR) is 146 cm³/mol. The van der Waals surface area contributed by atoms with E-state index in [9.17, 15) is 19.4 Å². The maximum Gasteiger partial charge on any atom is 0.303 e. The average Bonchev–Trinajstić information content (AvgIpc) is 2.91. The highest BCUT2D eigenvalue weighted by molar-refractivity contribution is 6.30. The van der Waals surface area contributed by atoms with Gasteiger partial charge in [0, 0.05) is 29.6 Å². The van der Waals surface area contributed by atoms with E-state index in [1.807, 2.05) is 24.3 Å². The van der Waals surface area contributed by atoms with Crippen LogP contribution in [0.2, 0.25) is 5.02 Å². The monoisotopic (exact) mass is 538 g/mol. The summed E-state index contributed by atoms with van der Waals surface area (Å²) >= 11 is 5.81. The molecule has 1 aliphatic heterocycles. The summed E-state index contributed by atoms with van der Waals surface area (Å²) in [5.41, 5.74) is 1.93. The van der Waals surface area contributed by atoms with E-state index in [1.54, 1.807) is 25.4 Å². The van der Waals surface area contributed by atoms with Gasteiger partial charge in [-0.15, -0.1) is 0 Å². The van der Waals surface area contributed by atoms with Crippen molar-refractivity contribution in [2.75, 3.05) is 26.7 Å². The van der Waals surface area contributed by atoms with E-state index in [1.165, 1.54) is 6.07 Å². The second-order valence-electron chi connectivity index (χ2n) is 9.78. The first-order valence-electron chi connectivity index (χ1n) is 12.8. The van der Waals surface area contributed by atoms with Gasteiger partial charge in [0.15, 0.2) is 0 Å². The number of hydrogen-bond acceptors (Lipinski definition) is 5. The van der Waals surface area contributed by atoms with E-state index >= 15 is 0 Å². The molecular formula is C30H32ClFN2O4. The van der Waals surface area contributed by atoms with Crippen LogP contribution < -0.4 is 4.74 Å². The maximum atomic E-state index is 14.0. The Morgan fingerprint density at radius 3 is 2.84 bits per heavy atom. The third-order valence-electron chi connectivity index (χ3n) is 7.31. The lowest BCUT2D eigenvalue weighted by Crippen LogP contribution is -2.41. The molecular weight excluding hydrogens is 507 g/mol. The molecule has 0 aliphatic carbocycles. The lowest BCUT2D eigenvalue weighted by Gasteiger charge is -2.38. The largest absolute Gasteiger partial charge is 0.497 e. The Balaban J connectivity index is 1.40. The van der Waals surface area contributed by atoms with E-state index < -0.39 is 17.9 Å². The normalized spacial score (nSPS) is 18.5. The van der Waals surface area contributed by atoms with Crippen LogP contribution in [0.5, 0.6) is 5.75 Å². The van der Waals surface area contributed by atoms with Crippen LogP contribution in [0.4, 0.5) is 4.39 Å². The summed E-state index contributed by atoms with van der Waals surface area (Å²) in [7, 11) is 1.61. The molecule has 0 spiro atoms. The zero-order valence-corrected chi connectivity index (χ0v) is 22.1. The molecule has 1 saturated heterocycles. The van der Waals surface area contributed by atoms with Gasteiger partial charge in [-0.3, -0.25) is 14.7 Å². The van der Waals surface area contributed by atoms with Gasteiger partial charge in [-0.2, -0.15) is 0 Å². The minimum absolute atomic E-state index is 0.105. The molecule has 0 bridgehead atoms. The van der Waals surface area contributed by atoms with Gasteiger partial charge < -0.3 is 14.9 Å². The number of carboxylic acids is 1. The van der Waals surface area contributed by atoms with Gasteiger partial charge >= 0.3 is 5.97 Å². The number of aliphatic hydroxyl groups excluding tert-OH is 1. The lowest BCUT2D eigenvalue weighted by molar-refractivity contribution is -0.137. The summed E-state index contributed by atoms with van der Waals surface area (Å²) in [6.07, 6.45) is 3.97. The van der Waals surface area contributed by atoms with Crippen molar-refractivity contribution in [3.63, 3.8) is 0 Å². The van der Waals surface area contributed by atoms with Gasteiger partial charge in [0.2, 0.25) is 0 Å². The van der Waals surface area contributed by atoms with E-state index in [-0.39, 0.29) is 12.3 Å². The number of likely N-dealkylation sites (tertiary alicyclic amines) is 1. The number of hydrogen-bond donors (Lipinski definition) is 2. The average molecular weight is 539 g/mol. The smallest absolute Gasteiger partial charge is 0.303 e. The zero-order chi connectivity index (χ0) is 27.1. The number of benzene rings is 2. The van der Waals surface area contributed by atoms with Crippen LogP contribution in [0.3, 0.4) is 0 Å². The molecule has 1 aliphatic rings. The van der Waals surface area contributed by atoms with E-state index in [0.717, 1.165) is 42.4 Å². The molecule has 1 fully saturated rings. The molecule has 2 aromatic carbocycles. The van der Waals surface area contributed by atoms with Crippen molar-refractivity contribution in [1.29, 1.82) is 0 Å². The van der Waals surface area contributed by atoms with Crippen LogP contribution in [0.1, 0.15) is 49.3 Å². The second kappa shape index (κ2) is 13.1. The van der Waals surface area contributed by atoms with Crippen molar-refractivity contribution in [3.8, 4) is 17.6 Å². The zero-order valence-electron chi connectivity index (χ0n) is 21.4. The number of rotatable bonds is 9. The highest BCUT2D eigenvalue weighted by atomic mass is 35.5. The Morgan fingerprint density at radius 2 is 2.08 bits per heavy atom. The lowest BCUT2D eigenvalue weighted by atomic mass is 9.79. The molecule has 1 aromatic heterocycles. The molecule has 2 N–H and O–H groups in total. The fourth-order valence-electron chi connectivity index (χ4n) is 5.24. The Hall–Kier alpha value is -3.18. The van der Waals surface area contributed by atoms with Crippen molar-refractivity contribution in [3.05, 3.63) is 70.6 Å². The standard InChI is InChI=1S/C30H32ClFN2O4/c1-38-24-8-9-28-26(18-24)25(12-14-33-28)29(35)10-5-20-13-16-34(19-22(20)6-11-30(36)37)15-2-3-21-4-7-23(31)17-27(21)32/h4,7-9,12,14,17-18,20,22,29,35H,5-6,10-11,13,15-16,19H2,1H3,(H,36,37)/t20-,22-,29-/m1/s1. The number of pyridine rings is 1. The molecule has 3 aromatic rings. The number of ether oxygens (including phenoxy) is 1. The van der Waals surface area contributed by atoms with Gasteiger partial charge in [-0.05, 0) is 92.1 Å². The summed E-state index contributed by atoms with van der Waals surface area (Å²) in [6, 6.07) is 11.9. The Morgan fingerprint density at radius 1 is 1.24 bits per heavy atom. The number of aliphatic carboxylic acids is 1. The first-order valence-corrected chi connectivity index (χ1v) is 13.2. The van der Waals surface area contributed by atoms with Crippen LogP contribution >= 0.6 is 11.6 Å². The van der Waals surface area contributed by atoms with Crippen molar-refractivity contribution in [1.82, 2.24) is 9.88 Å². The first kappa shape index (κ1) is 27.8. The van der Waals surface area contributed by atoms with Crippen molar-refractivity contribution >= 4 is 28.5 Å². The van der Waals surface area contributed by atoms with E-state index in [2.05, 4.69) is 21.7 Å². The van der Waals surface area contributed by atoms with E-state index in [4.69, 9.17) is 16.3 Å². The van der Waals surface area contributed by atoms with Gasteiger partial charge in [0.05, 0.1) is 30.8 Å². The van der Waals surface area contributed by atoms with Gasteiger partial charge in [0.25, 0.3) is 0 Å². The number of halogens is 2. The number of piperidine rings is 1. The molecule has 6 nitrogen and oxygen atoms in total. The molecule has 0 radical (unpaired) electrons. The molecule has 0 saturated carbocycles. The second-order valence-corrected chi connectivity index (χ2v) is 10.2. The van der Waals surface area contributed by atoms with Crippen molar-refractivity contribution in [2.45, 2.75) is 38.2 Å². The van der Waals surface area contributed by atoms with Crippen LogP contribution in [-0.2, 0) is 4.79 Å². The van der Waals surface area contributed by atoms with Crippen molar-refractivity contribution < 1.29 is 24.1 Å². The summed E-state index contributed by atoms with van der Waals surface area (Å²) < 4.78 is 19.4. The molecule has 3 atom stereocenters. The molecule has 0 unspecified atom stereocenters. The molecule has 0 amide bonds. The number of methoxy groups -OCH3 is 1. The topological polar surface area (TPSA) is 82.9 Å². The van der Waals surface area contributed by atoms with Crippen LogP contribution in [0, 0.1) is 29.5 Å². The molecule has 200 valence electrons. The van der Waals surface area contributed by atoms with Crippen molar-refractivity contribution in [2.24, 2.45) is 11.8 Å². The maximum absolute atomic E-state index is 14.0. The Labute approximate surface area is 227 Å². The third-order valence-corrected chi connectivity index (χ3v) is 7.55.